The summed E-state index contributed by atoms with van der Waals surface area (Å²) in [5, 5.41) is 15.1. The summed E-state index contributed by atoms with van der Waals surface area (Å²) in [4.78, 5) is 21.1. The van der Waals surface area contributed by atoms with Gasteiger partial charge in [0.25, 0.3) is 0 Å². The Bertz CT molecular complexity index is 1050. The van der Waals surface area contributed by atoms with Crippen LogP contribution >= 0.6 is 0 Å². The Balaban J connectivity index is 1.65. The van der Waals surface area contributed by atoms with Gasteiger partial charge in [-0.25, -0.2) is 9.97 Å². The fraction of sp³-hybridized carbons (Fsp3) is 0.565. The number of aliphatic hydroxyl groups is 1. The molecule has 1 unspecified atom stereocenters. The number of aliphatic hydroxyl groups excluding tert-OH is 1. The van der Waals surface area contributed by atoms with Crippen LogP contribution < -0.4 is 0 Å². The second-order valence-electron chi connectivity index (χ2n) is 9.11. The van der Waals surface area contributed by atoms with Crippen molar-refractivity contribution < 1.29 is 14.6 Å². The third-order valence-corrected chi connectivity index (χ3v) is 6.44. The molecule has 0 aliphatic heterocycles. The molecule has 0 bridgehead atoms. The van der Waals surface area contributed by atoms with Crippen LogP contribution in [0.2, 0.25) is 0 Å². The van der Waals surface area contributed by atoms with Crippen LogP contribution in [-0.2, 0) is 16.1 Å². The maximum atomic E-state index is 12.1. The zero-order chi connectivity index (χ0) is 22.0. The van der Waals surface area contributed by atoms with Gasteiger partial charge >= 0.3 is 5.97 Å². The standard InChI is InChI=1S/C23H31N5O3/c1-23(2,22(30)31-3)14-27-10-8-18-20(24-15-25-21(18)27)17-12-26-28(13-17)19(9-11-29)16-6-4-5-7-16/h8,10,12-13,15-16,19,29H,4-7,9,11,14H2,1-3H3. The molecule has 3 aromatic heterocycles. The van der Waals surface area contributed by atoms with Crippen molar-refractivity contribution >= 4 is 17.0 Å². The van der Waals surface area contributed by atoms with Gasteiger partial charge in [0.1, 0.15) is 12.0 Å². The second-order valence-corrected chi connectivity index (χ2v) is 9.11. The van der Waals surface area contributed by atoms with Crippen molar-refractivity contribution in [3.63, 3.8) is 0 Å². The van der Waals surface area contributed by atoms with Crippen LogP contribution in [0.25, 0.3) is 22.3 Å². The molecule has 1 fully saturated rings. The molecular weight excluding hydrogens is 394 g/mol. The smallest absolute Gasteiger partial charge is 0.313 e. The van der Waals surface area contributed by atoms with E-state index in [0.29, 0.717) is 18.9 Å². The van der Waals surface area contributed by atoms with Crippen LogP contribution in [0.3, 0.4) is 0 Å². The lowest BCUT2D eigenvalue weighted by molar-refractivity contribution is -0.151. The number of carbonyl (C=O) groups excluding carboxylic acids is 1. The van der Waals surface area contributed by atoms with Gasteiger partial charge < -0.3 is 14.4 Å². The van der Waals surface area contributed by atoms with Gasteiger partial charge in [0.2, 0.25) is 0 Å². The van der Waals surface area contributed by atoms with Crippen LogP contribution in [-0.4, -0.2) is 49.1 Å². The quantitative estimate of drug-likeness (QED) is 0.554. The van der Waals surface area contributed by atoms with E-state index in [1.165, 1.54) is 32.8 Å². The van der Waals surface area contributed by atoms with Gasteiger partial charge in [0, 0.05) is 36.5 Å². The molecule has 0 aromatic carbocycles. The molecule has 3 heterocycles. The van der Waals surface area contributed by atoms with E-state index in [4.69, 9.17) is 4.74 Å². The first kappa shape index (κ1) is 21.5. The van der Waals surface area contributed by atoms with E-state index in [0.717, 1.165) is 22.3 Å². The summed E-state index contributed by atoms with van der Waals surface area (Å²) < 4.78 is 8.92. The van der Waals surface area contributed by atoms with Crippen molar-refractivity contribution in [3.05, 3.63) is 31.0 Å². The molecule has 8 nitrogen and oxygen atoms in total. The summed E-state index contributed by atoms with van der Waals surface area (Å²) in [6, 6.07) is 2.20. The summed E-state index contributed by atoms with van der Waals surface area (Å²) in [5.41, 5.74) is 1.85. The number of rotatable bonds is 8. The Morgan fingerprint density at radius 3 is 2.81 bits per heavy atom. The van der Waals surface area contributed by atoms with Crippen molar-refractivity contribution in [1.29, 1.82) is 0 Å². The largest absolute Gasteiger partial charge is 0.469 e. The van der Waals surface area contributed by atoms with Crippen LogP contribution in [0, 0.1) is 11.3 Å². The first-order valence-electron chi connectivity index (χ1n) is 11.0. The molecule has 0 saturated heterocycles. The monoisotopic (exact) mass is 425 g/mol. The SMILES string of the molecule is COC(=O)C(C)(C)Cn1ccc2c(-c3cnn(C(CCO)C4CCCC4)c3)ncnc21. The van der Waals surface area contributed by atoms with Crippen LogP contribution in [0.5, 0.6) is 0 Å². The zero-order valence-electron chi connectivity index (χ0n) is 18.5. The third kappa shape index (κ3) is 4.21. The molecule has 3 aromatic rings. The number of aromatic nitrogens is 5. The van der Waals surface area contributed by atoms with Gasteiger partial charge in [0.05, 0.1) is 30.5 Å². The molecule has 1 atom stereocenters. The predicted molar refractivity (Wildman–Crippen MR) is 117 cm³/mol. The van der Waals surface area contributed by atoms with E-state index in [1.807, 2.05) is 47.8 Å². The van der Waals surface area contributed by atoms with Crippen LogP contribution in [0.15, 0.2) is 31.0 Å². The highest BCUT2D eigenvalue weighted by Gasteiger charge is 2.30. The fourth-order valence-corrected chi connectivity index (χ4v) is 4.83. The van der Waals surface area contributed by atoms with E-state index in [1.54, 1.807) is 6.33 Å². The normalized spacial score (nSPS) is 16.1. The van der Waals surface area contributed by atoms with Gasteiger partial charge in [-0.3, -0.25) is 9.48 Å². The fourth-order valence-electron chi connectivity index (χ4n) is 4.83. The second kappa shape index (κ2) is 8.78. The average Bonchev–Trinajstić information content (AvgIpc) is 3.52. The number of esters is 1. The van der Waals surface area contributed by atoms with Gasteiger partial charge in [-0.05, 0) is 45.1 Å². The minimum Gasteiger partial charge on any atom is -0.469 e. The molecule has 0 radical (unpaired) electrons. The maximum Gasteiger partial charge on any atom is 0.313 e. The highest BCUT2D eigenvalue weighted by atomic mass is 16.5. The highest BCUT2D eigenvalue weighted by molar-refractivity contribution is 5.90. The minimum absolute atomic E-state index is 0.160. The number of nitrogens with zero attached hydrogens (tertiary/aromatic N) is 5. The number of hydrogen-bond donors (Lipinski definition) is 1. The summed E-state index contributed by atoms with van der Waals surface area (Å²) in [6.45, 7) is 4.34. The Labute approximate surface area is 182 Å². The number of fused-ring (bicyclic) bond motifs is 1. The Morgan fingerprint density at radius 1 is 1.32 bits per heavy atom. The molecule has 166 valence electrons. The summed E-state index contributed by atoms with van der Waals surface area (Å²) in [7, 11) is 1.41. The van der Waals surface area contributed by atoms with Gasteiger partial charge in [-0.1, -0.05) is 12.8 Å². The molecule has 8 heteroatoms. The van der Waals surface area contributed by atoms with Crippen LogP contribution in [0.4, 0.5) is 0 Å². The molecule has 0 spiro atoms. The molecule has 1 aliphatic carbocycles. The zero-order valence-corrected chi connectivity index (χ0v) is 18.5. The first-order valence-corrected chi connectivity index (χ1v) is 11.0. The van der Waals surface area contributed by atoms with E-state index >= 15 is 0 Å². The van der Waals surface area contributed by atoms with E-state index < -0.39 is 5.41 Å². The number of ether oxygens (including phenoxy) is 1. The lowest BCUT2D eigenvalue weighted by Gasteiger charge is -2.23. The first-order chi connectivity index (χ1) is 14.9. The van der Waals surface area contributed by atoms with E-state index in [2.05, 4.69) is 15.1 Å². The Kier molecular flexibility index (Phi) is 6.09. The van der Waals surface area contributed by atoms with Crippen molar-refractivity contribution in [3.8, 4) is 11.3 Å². The van der Waals surface area contributed by atoms with Crippen molar-refractivity contribution in [1.82, 2.24) is 24.3 Å². The van der Waals surface area contributed by atoms with Gasteiger partial charge in [-0.2, -0.15) is 5.10 Å². The molecular formula is C23H31N5O3. The van der Waals surface area contributed by atoms with Crippen molar-refractivity contribution in [2.45, 2.75) is 58.5 Å². The van der Waals surface area contributed by atoms with Crippen molar-refractivity contribution in [2.24, 2.45) is 11.3 Å². The average molecular weight is 426 g/mol. The summed E-state index contributed by atoms with van der Waals surface area (Å²) in [6.07, 6.45) is 13.0. The Morgan fingerprint density at radius 2 is 2.10 bits per heavy atom. The molecule has 0 amide bonds. The highest BCUT2D eigenvalue weighted by Crippen LogP contribution is 2.37. The number of hydrogen-bond acceptors (Lipinski definition) is 6. The molecule has 1 saturated carbocycles. The molecule has 31 heavy (non-hydrogen) atoms. The Hall–Kier alpha value is -2.74. The maximum absolute atomic E-state index is 12.1. The number of methoxy groups -OCH3 is 1. The third-order valence-electron chi connectivity index (χ3n) is 6.44. The summed E-state index contributed by atoms with van der Waals surface area (Å²) >= 11 is 0. The lowest BCUT2D eigenvalue weighted by atomic mass is 9.94. The number of carbonyl (C=O) groups is 1. The van der Waals surface area contributed by atoms with Crippen molar-refractivity contribution in [2.75, 3.05) is 13.7 Å². The topological polar surface area (TPSA) is 95.1 Å². The molecule has 1 N–H and O–H groups in total. The van der Waals surface area contributed by atoms with Crippen LogP contribution in [0.1, 0.15) is 52.0 Å². The molecule has 4 rings (SSSR count). The molecule has 1 aliphatic rings. The predicted octanol–water partition coefficient (Wildman–Crippen LogP) is 3.61. The van der Waals surface area contributed by atoms with E-state index in [9.17, 15) is 9.90 Å². The lowest BCUT2D eigenvalue weighted by Crippen LogP contribution is -2.30. The minimum atomic E-state index is -0.671. The van der Waals surface area contributed by atoms with Gasteiger partial charge in [-0.15, -0.1) is 0 Å². The van der Waals surface area contributed by atoms with E-state index in [-0.39, 0.29) is 18.6 Å². The van der Waals surface area contributed by atoms with Gasteiger partial charge in [0.15, 0.2) is 0 Å². The summed E-state index contributed by atoms with van der Waals surface area (Å²) in [5.74, 6) is 0.304.